The fourth-order valence-electron chi connectivity index (χ4n) is 2.08. The van der Waals surface area contributed by atoms with Gasteiger partial charge in [-0.25, -0.2) is 9.78 Å². The van der Waals surface area contributed by atoms with E-state index in [9.17, 15) is 4.79 Å². The molecule has 0 amide bonds. The maximum Gasteiger partial charge on any atom is 0.367 e. The van der Waals surface area contributed by atoms with Gasteiger partial charge in [-0.15, -0.1) is 11.3 Å². The van der Waals surface area contributed by atoms with Crippen LogP contribution in [0.5, 0.6) is 0 Å². The van der Waals surface area contributed by atoms with Crippen molar-refractivity contribution in [3.8, 4) is 11.5 Å². The Hall–Kier alpha value is -2.93. The molecule has 114 valence electrons. The Balaban J connectivity index is 1.45. The van der Waals surface area contributed by atoms with Crippen molar-refractivity contribution in [2.45, 2.75) is 6.61 Å². The molecule has 4 rings (SSSR count). The Bertz CT molecular complexity index is 922. The van der Waals surface area contributed by atoms with Crippen LogP contribution in [0.3, 0.4) is 0 Å². The largest absolute Gasteiger partial charge is 0.461 e. The second-order valence-corrected chi connectivity index (χ2v) is 5.75. The van der Waals surface area contributed by atoms with Crippen molar-refractivity contribution in [3.63, 3.8) is 0 Å². The molecular weight excluding hydrogens is 316 g/mol. The molecule has 0 atom stereocenters. The van der Waals surface area contributed by atoms with Crippen molar-refractivity contribution < 1.29 is 18.5 Å². The molecule has 0 N–H and O–H groups in total. The Labute approximate surface area is 134 Å². The Kier molecular flexibility index (Phi) is 3.39. The van der Waals surface area contributed by atoms with E-state index in [4.69, 9.17) is 13.7 Å². The lowest BCUT2D eigenvalue weighted by Crippen LogP contribution is -2.04. The van der Waals surface area contributed by atoms with E-state index >= 15 is 0 Å². The van der Waals surface area contributed by atoms with Crippen molar-refractivity contribution >= 4 is 27.5 Å². The first kappa shape index (κ1) is 13.7. The number of aromatic nitrogens is 2. The van der Waals surface area contributed by atoms with Crippen molar-refractivity contribution in [2.24, 2.45) is 0 Å². The lowest BCUT2D eigenvalue weighted by atomic mass is 10.3. The van der Waals surface area contributed by atoms with E-state index in [1.165, 1.54) is 11.3 Å². The minimum absolute atomic E-state index is 0.0129. The zero-order chi connectivity index (χ0) is 15.6. The number of carbonyl (C=O) groups excluding carboxylic acids is 1. The van der Waals surface area contributed by atoms with Gasteiger partial charge < -0.3 is 13.7 Å². The van der Waals surface area contributed by atoms with Gasteiger partial charge in [0.1, 0.15) is 12.3 Å². The third-order valence-corrected chi connectivity index (χ3v) is 4.16. The summed E-state index contributed by atoms with van der Waals surface area (Å²) in [5.74, 6) is 0.580. The first-order chi connectivity index (χ1) is 11.3. The first-order valence-electron chi connectivity index (χ1n) is 6.82. The van der Waals surface area contributed by atoms with Crippen LogP contribution in [0.1, 0.15) is 15.5 Å². The summed E-state index contributed by atoms with van der Waals surface area (Å²) in [4.78, 5) is 16.3. The minimum Gasteiger partial charge on any atom is -0.461 e. The Morgan fingerprint density at radius 2 is 2.09 bits per heavy atom. The standard InChI is InChI=1S/C16H10N2O4S/c19-16(15-17-11-4-1-2-6-14(11)23-15)21-9-10-8-13(22-18-10)12-5-3-7-20-12/h1-8H,9H2. The van der Waals surface area contributed by atoms with Crippen LogP contribution in [0.2, 0.25) is 0 Å². The third-order valence-electron chi connectivity index (χ3n) is 3.14. The molecule has 0 aliphatic heterocycles. The molecule has 0 saturated carbocycles. The predicted molar refractivity (Wildman–Crippen MR) is 82.9 cm³/mol. The maximum atomic E-state index is 12.1. The van der Waals surface area contributed by atoms with Gasteiger partial charge in [0.05, 0.1) is 16.5 Å². The second kappa shape index (κ2) is 5.69. The molecule has 0 spiro atoms. The quantitative estimate of drug-likeness (QED) is 0.529. The van der Waals surface area contributed by atoms with Gasteiger partial charge in [0.15, 0.2) is 5.76 Å². The monoisotopic (exact) mass is 326 g/mol. The van der Waals surface area contributed by atoms with Crippen molar-refractivity contribution in [2.75, 3.05) is 0 Å². The zero-order valence-corrected chi connectivity index (χ0v) is 12.6. The summed E-state index contributed by atoms with van der Waals surface area (Å²) in [5, 5.41) is 4.17. The number of para-hydroxylation sites is 1. The van der Waals surface area contributed by atoms with Gasteiger partial charge >= 0.3 is 5.97 Å². The van der Waals surface area contributed by atoms with Crippen LogP contribution in [0.15, 0.2) is 57.7 Å². The van der Waals surface area contributed by atoms with Gasteiger partial charge in [0, 0.05) is 6.07 Å². The number of nitrogens with zero attached hydrogens (tertiary/aromatic N) is 2. The number of carbonyl (C=O) groups is 1. The topological polar surface area (TPSA) is 78.4 Å². The lowest BCUT2D eigenvalue weighted by Gasteiger charge is -1.97. The fourth-order valence-corrected chi connectivity index (χ4v) is 2.93. The minimum atomic E-state index is -0.478. The number of fused-ring (bicyclic) bond motifs is 1. The fraction of sp³-hybridized carbons (Fsp3) is 0.0625. The molecule has 0 aliphatic rings. The molecule has 0 fully saturated rings. The molecule has 23 heavy (non-hydrogen) atoms. The molecule has 1 aromatic carbocycles. The number of hydrogen-bond acceptors (Lipinski definition) is 7. The average molecular weight is 326 g/mol. The number of benzene rings is 1. The van der Waals surface area contributed by atoms with Crippen LogP contribution < -0.4 is 0 Å². The molecule has 3 aromatic heterocycles. The van der Waals surface area contributed by atoms with Gasteiger partial charge in [0.25, 0.3) is 0 Å². The molecule has 3 heterocycles. The molecule has 0 radical (unpaired) electrons. The Morgan fingerprint density at radius 1 is 1.17 bits per heavy atom. The molecule has 7 heteroatoms. The number of thiazole rings is 1. The third kappa shape index (κ3) is 2.74. The average Bonchev–Trinajstić information content (AvgIpc) is 3.31. The maximum absolute atomic E-state index is 12.1. The predicted octanol–water partition coefficient (Wildman–Crippen LogP) is 3.90. The molecule has 6 nitrogen and oxygen atoms in total. The summed E-state index contributed by atoms with van der Waals surface area (Å²) in [6.07, 6.45) is 1.55. The first-order valence-corrected chi connectivity index (χ1v) is 7.63. The van der Waals surface area contributed by atoms with Crippen LogP contribution in [0, 0.1) is 0 Å². The molecule has 4 aromatic rings. The summed E-state index contributed by atoms with van der Waals surface area (Å²) >= 11 is 1.30. The van der Waals surface area contributed by atoms with Gasteiger partial charge in [-0.3, -0.25) is 0 Å². The summed E-state index contributed by atoms with van der Waals surface area (Å²) in [7, 11) is 0. The number of hydrogen-bond donors (Lipinski definition) is 0. The van der Waals surface area contributed by atoms with E-state index in [2.05, 4.69) is 10.1 Å². The molecule has 0 bridgehead atoms. The summed E-state index contributed by atoms with van der Waals surface area (Å²) in [5.41, 5.74) is 1.29. The van der Waals surface area contributed by atoms with Crippen LogP contribution >= 0.6 is 11.3 Å². The van der Waals surface area contributed by atoms with Gasteiger partial charge in [-0.05, 0) is 24.3 Å². The van der Waals surface area contributed by atoms with E-state index in [1.54, 1.807) is 24.5 Å². The van der Waals surface area contributed by atoms with Crippen LogP contribution in [-0.2, 0) is 11.3 Å². The van der Waals surface area contributed by atoms with Gasteiger partial charge in [0.2, 0.25) is 10.8 Å². The van der Waals surface area contributed by atoms with E-state index in [-0.39, 0.29) is 6.61 Å². The highest BCUT2D eigenvalue weighted by Crippen LogP contribution is 2.23. The van der Waals surface area contributed by atoms with E-state index in [1.807, 2.05) is 24.3 Å². The Morgan fingerprint density at radius 3 is 2.91 bits per heavy atom. The normalized spacial score (nSPS) is 11.0. The van der Waals surface area contributed by atoms with Crippen molar-refractivity contribution in [3.05, 3.63) is 59.4 Å². The van der Waals surface area contributed by atoms with Crippen molar-refractivity contribution in [1.82, 2.24) is 10.1 Å². The van der Waals surface area contributed by atoms with Crippen LogP contribution in [-0.4, -0.2) is 16.1 Å². The number of rotatable bonds is 4. The van der Waals surface area contributed by atoms with Gasteiger partial charge in [-0.1, -0.05) is 17.3 Å². The highest BCUT2D eigenvalue weighted by atomic mass is 32.1. The molecule has 0 unspecified atom stereocenters. The smallest absolute Gasteiger partial charge is 0.367 e. The summed E-state index contributed by atoms with van der Waals surface area (Å²) < 4.78 is 16.5. The summed E-state index contributed by atoms with van der Waals surface area (Å²) in [6, 6.07) is 12.7. The van der Waals surface area contributed by atoms with Crippen LogP contribution in [0.25, 0.3) is 21.7 Å². The molecular formula is C16H10N2O4S. The lowest BCUT2D eigenvalue weighted by molar-refractivity contribution is 0.0464. The van der Waals surface area contributed by atoms with Crippen molar-refractivity contribution in [1.29, 1.82) is 0 Å². The highest BCUT2D eigenvalue weighted by molar-refractivity contribution is 7.20. The van der Waals surface area contributed by atoms with Crippen LogP contribution in [0.4, 0.5) is 0 Å². The summed E-state index contributed by atoms with van der Waals surface area (Å²) in [6.45, 7) is 0.0129. The zero-order valence-electron chi connectivity index (χ0n) is 11.8. The van der Waals surface area contributed by atoms with E-state index in [0.717, 1.165) is 10.2 Å². The van der Waals surface area contributed by atoms with Gasteiger partial charge in [-0.2, -0.15) is 0 Å². The highest BCUT2D eigenvalue weighted by Gasteiger charge is 2.15. The van der Waals surface area contributed by atoms with E-state index < -0.39 is 5.97 Å². The number of ether oxygens (including phenoxy) is 1. The van der Waals surface area contributed by atoms with E-state index in [0.29, 0.717) is 22.2 Å². The SMILES string of the molecule is O=C(OCc1cc(-c2ccco2)on1)c1nc2ccccc2s1. The molecule has 0 saturated heterocycles. The number of furan rings is 1. The number of esters is 1. The second-order valence-electron chi connectivity index (χ2n) is 4.72. The molecule has 0 aliphatic carbocycles.